The summed E-state index contributed by atoms with van der Waals surface area (Å²) in [5, 5.41) is 13.0. The third-order valence-electron chi connectivity index (χ3n) is 6.58. The van der Waals surface area contributed by atoms with Crippen LogP contribution in [0.5, 0.6) is 0 Å². The zero-order valence-corrected chi connectivity index (χ0v) is 20.2. The molecule has 5 rings (SSSR count). The van der Waals surface area contributed by atoms with Crippen LogP contribution in [0, 0.1) is 5.92 Å². The molecule has 3 aromatic heterocycles. The van der Waals surface area contributed by atoms with E-state index in [-0.39, 0.29) is 11.5 Å². The zero-order chi connectivity index (χ0) is 24.6. The van der Waals surface area contributed by atoms with Gasteiger partial charge in [0.2, 0.25) is 5.95 Å². The third-order valence-corrected chi connectivity index (χ3v) is 6.58. The van der Waals surface area contributed by atoms with Crippen molar-refractivity contribution in [2.45, 2.75) is 44.8 Å². The van der Waals surface area contributed by atoms with E-state index >= 15 is 0 Å². The van der Waals surface area contributed by atoms with Gasteiger partial charge >= 0.3 is 0 Å². The number of aromatic nitrogens is 6. The van der Waals surface area contributed by atoms with Gasteiger partial charge in [0.1, 0.15) is 17.2 Å². The van der Waals surface area contributed by atoms with Crippen LogP contribution in [0.1, 0.15) is 39.2 Å². The highest BCUT2D eigenvalue weighted by Crippen LogP contribution is 2.48. The van der Waals surface area contributed by atoms with E-state index in [1.54, 1.807) is 38.6 Å². The number of nitrogens with two attached hydrogens (primary N) is 1. The summed E-state index contributed by atoms with van der Waals surface area (Å²) in [5.74, 6) is 1.42. The van der Waals surface area contributed by atoms with Crippen molar-refractivity contribution in [2.75, 3.05) is 17.6 Å². The summed E-state index contributed by atoms with van der Waals surface area (Å²) in [5.41, 5.74) is 9.25. The first-order valence-corrected chi connectivity index (χ1v) is 11.7. The summed E-state index contributed by atoms with van der Waals surface area (Å²) in [6.07, 6.45) is 13.2. The normalized spacial score (nSPS) is 15.5. The number of imidazole rings is 1. The molecule has 1 aromatic carbocycles. The van der Waals surface area contributed by atoms with Crippen molar-refractivity contribution in [3.8, 4) is 22.5 Å². The highest BCUT2D eigenvalue weighted by atomic mass is 16.3. The summed E-state index contributed by atoms with van der Waals surface area (Å²) in [7, 11) is 0. The summed E-state index contributed by atoms with van der Waals surface area (Å²) in [6.45, 7) is 6.14. The van der Waals surface area contributed by atoms with Crippen molar-refractivity contribution >= 4 is 11.8 Å². The lowest BCUT2D eigenvalue weighted by molar-refractivity contribution is 0.0944. The Bertz CT molecular complexity index is 1290. The first kappa shape index (κ1) is 22.9. The zero-order valence-electron chi connectivity index (χ0n) is 20.2. The Labute approximate surface area is 204 Å². The number of aliphatic hydroxyl groups is 1. The molecule has 1 atom stereocenters. The smallest absolute Gasteiger partial charge is 0.219 e. The van der Waals surface area contributed by atoms with Crippen LogP contribution >= 0.6 is 0 Å². The van der Waals surface area contributed by atoms with Gasteiger partial charge in [-0.25, -0.2) is 24.9 Å². The van der Waals surface area contributed by atoms with Crippen LogP contribution < -0.4 is 11.1 Å². The molecule has 180 valence electrons. The third kappa shape index (κ3) is 4.85. The molecule has 3 heterocycles. The van der Waals surface area contributed by atoms with E-state index in [1.165, 1.54) is 18.4 Å². The predicted molar refractivity (Wildman–Crippen MR) is 135 cm³/mol. The molecule has 1 fully saturated rings. The monoisotopic (exact) mass is 470 g/mol. The lowest BCUT2D eigenvalue weighted by Crippen LogP contribution is -2.33. The molecule has 4 aromatic rings. The fraction of sp³-hybridized carbons (Fsp3) is 0.346. The van der Waals surface area contributed by atoms with Gasteiger partial charge in [0.25, 0.3) is 0 Å². The molecule has 1 aliphatic carbocycles. The second-order valence-electron chi connectivity index (χ2n) is 9.95. The van der Waals surface area contributed by atoms with Gasteiger partial charge in [-0.3, -0.25) is 0 Å². The molecule has 1 aliphatic rings. The number of hydrogen-bond donors (Lipinski definition) is 3. The number of anilines is 2. The van der Waals surface area contributed by atoms with Gasteiger partial charge in [0.05, 0.1) is 29.9 Å². The number of rotatable bonds is 8. The van der Waals surface area contributed by atoms with Gasteiger partial charge in [-0.05, 0) is 50.7 Å². The van der Waals surface area contributed by atoms with Crippen LogP contribution in [0.2, 0.25) is 0 Å². The van der Waals surface area contributed by atoms with Crippen molar-refractivity contribution in [3.63, 3.8) is 0 Å². The minimum atomic E-state index is -0.826. The van der Waals surface area contributed by atoms with Gasteiger partial charge in [-0.1, -0.05) is 24.3 Å². The summed E-state index contributed by atoms with van der Waals surface area (Å²) in [6, 6.07) is 8.56. The topological polar surface area (TPSA) is 128 Å². The predicted octanol–water partition coefficient (Wildman–Crippen LogP) is 3.74. The Hall–Kier alpha value is -3.85. The maximum Gasteiger partial charge on any atom is 0.219 e. The SMILES string of the molecule is CC(C)(O)CNc1cnc(-c2cn(C(C)(c3ccc(-c4cnc(N)nc4)cc3)C3CC3)cn2)cn1. The highest BCUT2D eigenvalue weighted by Gasteiger charge is 2.44. The Morgan fingerprint density at radius 2 is 1.63 bits per heavy atom. The molecule has 1 unspecified atom stereocenters. The fourth-order valence-corrected chi connectivity index (χ4v) is 4.30. The summed E-state index contributed by atoms with van der Waals surface area (Å²) < 4.78 is 2.20. The Kier molecular flexibility index (Phi) is 5.72. The molecule has 0 aliphatic heterocycles. The van der Waals surface area contributed by atoms with Gasteiger partial charge in [-0.15, -0.1) is 0 Å². The van der Waals surface area contributed by atoms with Crippen LogP contribution in [0.4, 0.5) is 11.8 Å². The lowest BCUT2D eigenvalue weighted by Gasteiger charge is -2.32. The van der Waals surface area contributed by atoms with Crippen LogP contribution in [0.25, 0.3) is 22.5 Å². The Morgan fingerprint density at radius 3 is 2.23 bits per heavy atom. The van der Waals surface area contributed by atoms with E-state index < -0.39 is 5.60 Å². The fourth-order valence-electron chi connectivity index (χ4n) is 4.30. The summed E-state index contributed by atoms with van der Waals surface area (Å²) in [4.78, 5) is 21.8. The minimum absolute atomic E-state index is 0.219. The quantitative estimate of drug-likeness (QED) is 0.355. The average Bonchev–Trinajstić information content (AvgIpc) is 3.60. The van der Waals surface area contributed by atoms with Crippen molar-refractivity contribution in [1.82, 2.24) is 29.5 Å². The van der Waals surface area contributed by atoms with Crippen molar-refractivity contribution in [2.24, 2.45) is 5.92 Å². The van der Waals surface area contributed by atoms with E-state index in [0.717, 1.165) is 16.8 Å². The van der Waals surface area contributed by atoms with Crippen LogP contribution in [0.3, 0.4) is 0 Å². The molecule has 9 nitrogen and oxygen atoms in total. The molecule has 0 radical (unpaired) electrons. The molecule has 35 heavy (non-hydrogen) atoms. The van der Waals surface area contributed by atoms with Gasteiger partial charge < -0.3 is 20.7 Å². The van der Waals surface area contributed by atoms with Gasteiger partial charge in [-0.2, -0.15) is 0 Å². The number of nitrogens with one attached hydrogen (secondary N) is 1. The standard InChI is InChI=1S/C26H30N8O/c1-25(2,35)15-32-23-13-28-21(12-29-23)22-14-34(16-33-22)26(3,20-8-9-20)19-6-4-17(5-7-19)18-10-30-24(27)31-11-18/h4-7,10-14,16,20,35H,8-9,15H2,1-3H3,(H,29,32)(H2,27,30,31). The van der Waals surface area contributed by atoms with E-state index in [4.69, 9.17) is 5.73 Å². The summed E-state index contributed by atoms with van der Waals surface area (Å²) >= 11 is 0. The Balaban J connectivity index is 1.38. The molecule has 0 bridgehead atoms. The van der Waals surface area contributed by atoms with E-state index in [2.05, 4.69) is 66.0 Å². The largest absolute Gasteiger partial charge is 0.389 e. The molecule has 4 N–H and O–H groups in total. The van der Waals surface area contributed by atoms with Crippen LogP contribution in [-0.4, -0.2) is 46.7 Å². The van der Waals surface area contributed by atoms with Crippen molar-refractivity contribution in [1.29, 1.82) is 0 Å². The maximum absolute atomic E-state index is 9.88. The van der Waals surface area contributed by atoms with Gasteiger partial charge in [0, 0.05) is 30.7 Å². The first-order valence-electron chi connectivity index (χ1n) is 11.7. The molecular weight excluding hydrogens is 440 g/mol. The number of nitrogen functional groups attached to an aromatic ring is 1. The van der Waals surface area contributed by atoms with Gasteiger partial charge in [0.15, 0.2) is 0 Å². The molecule has 0 saturated heterocycles. The number of benzene rings is 1. The van der Waals surface area contributed by atoms with Crippen LogP contribution in [0.15, 0.2) is 61.6 Å². The molecule has 0 spiro atoms. The maximum atomic E-state index is 9.88. The molecular formula is C26H30N8O. The number of nitrogens with zero attached hydrogens (tertiary/aromatic N) is 6. The van der Waals surface area contributed by atoms with E-state index in [0.29, 0.717) is 24.0 Å². The molecule has 0 amide bonds. The second kappa shape index (κ2) is 8.74. The second-order valence-corrected chi connectivity index (χ2v) is 9.95. The minimum Gasteiger partial charge on any atom is -0.389 e. The van der Waals surface area contributed by atoms with Crippen molar-refractivity contribution in [3.05, 3.63) is 67.1 Å². The average molecular weight is 471 g/mol. The van der Waals surface area contributed by atoms with Crippen molar-refractivity contribution < 1.29 is 5.11 Å². The highest BCUT2D eigenvalue weighted by molar-refractivity contribution is 5.62. The van der Waals surface area contributed by atoms with E-state index in [9.17, 15) is 5.11 Å². The Morgan fingerprint density at radius 1 is 0.914 bits per heavy atom. The lowest BCUT2D eigenvalue weighted by atomic mass is 9.86. The number of hydrogen-bond acceptors (Lipinski definition) is 8. The van der Waals surface area contributed by atoms with Crippen LogP contribution in [-0.2, 0) is 5.54 Å². The molecule has 1 saturated carbocycles. The molecule has 9 heteroatoms. The van der Waals surface area contributed by atoms with E-state index in [1.807, 2.05) is 12.5 Å². The first-order chi connectivity index (χ1) is 16.7.